The number of likely N-dealkylation sites (tertiary alicyclic amines) is 1. The predicted octanol–water partition coefficient (Wildman–Crippen LogP) is 1.74. The van der Waals surface area contributed by atoms with Gasteiger partial charge in [0, 0.05) is 13.1 Å². The van der Waals surface area contributed by atoms with Gasteiger partial charge in [0.1, 0.15) is 5.54 Å². The van der Waals surface area contributed by atoms with Gasteiger partial charge in [-0.2, -0.15) is 5.26 Å². The Morgan fingerprint density at radius 1 is 1.44 bits per heavy atom. The molecule has 2 rings (SSSR count). The van der Waals surface area contributed by atoms with Crippen LogP contribution >= 0.6 is 0 Å². The number of nitrogens with zero attached hydrogens (tertiary/aromatic N) is 2. The molecule has 2 fully saturated rings. The summed E-state index contributed by atoms with van der Waals surface area (Å²) in [5, 5.41) is 9.25. The van der Waals surface area contributed by atoms with Crippen LogP contribution in [0.15, 0.2) is 0 Å². The van der Waals surface area contributed by atoms with Crippen molar-refractivity contribution >= 4 is 0 Å². The molecule has 1 saturated heterocycles. The molecule has 1 aliphatic heterocycles. The molecule has 0 aromatic rings. The van der Waals surface area contributed by atoms with E-state index < -0.39 is 5.54 Å². The van der Waals surface area contributed by atoms with Crippen molar-refractivity contribution in [1.82, 2.24) is 4.90 Å². The van der Waals surface area contributed by atoms with E-state index in [1.54, 1.807) is 0 Å². The Kier molecular flexibility index (Phi) is 3.51. The Bertz CT molecular complexity index is 279. The first-order chi connectivity index (χ1) is 7.68. The lowest BCUT2D eigenvalue weighted by Gasteiger charge is -2.36. The molecule has 2 N–H and O–H groups in total. The van der Waals surface area contributed by atoms with Gasteiger partial charge in [-0.25, -0.2) is 0 Å². The summed E-state index contributed by atoms with van der Waals surface area (Å²) in [4.78, 5) is 2.42. The zero-order valence-electron chi connectivity index (χ0n) is 10.3. The normalized spacial score (nSPS) is 30.7. The predicted molar refractivity (Wildman–Crippen MR) is 64.7 cm³/mol. The average Bonchev–Trinajstić information content (AvgIpc) is 3.13. The maximum atomic E-state index is 9.25. The molecule has 3 nitrogen and oxygen atoms in total. The van der Waals surface area contributed by atoms with E-state index in [-0.39, 0.29) is 0 Å². The van der Waals surface area contributed by atoms with Gasteiger partial charge in [-0.15, -0.1) is 0 Å². The minimum absolute atomic E-state index is 0.458. The molecule has 90 valence electrons. The highest BCUT2D eigenvalue weighted by atomic mass is 15.2. The molecule has 0 bridgehead atoms. The third kappa shape index (κ3) is 2.56. The van der Waals surface area contributed by atoms with Gasteiger partial charge in [-0.1, -0.05) is 13.3 Å². The number of piperidine rings is 1. The summed E-state index contributed by atoms with van der Waals surface area (Å²) in [6, 6.07) is 2.36. The van der Waals surface area contributed by atoms with Gasteiger partial charge in [0.2, 0.25) is 0 Å². The molecule has 0 radical (unpaired) electrons. The molecule has 1 aliphatic carbocycles. The molecule has 2 aliphatic rings. The zero-order valence-corrected chi connectivity index (χ0v) is 10.3. The highest BCUT2D eigenvalue weighted by Gasteiger charge is 2.44. The van der Waals surface area contributed by atoms with E-state index in [0.717, 1.165) is 38.4 Å². The molecule has 0 spiro atoms. The zero-order chi connectivity index (χ0) is 11.6. The van der Waals surface area contributed by atoms with Gasteiger partial charge >= 0.3 is 0 Å². The molecule has 0 amide bonds. The highest BCUT2D eigenvalue weighted by Crippen LogP contribution is 2.38. The molecule has 1 heterocycles. The molecule has 2 unspecified atom stereocenters. The van der Waals surface area contributed by atoms with Crippen LogP contribution in [0.2, 0.25) is 0 Å². The number of nitriles is 1. The van der Waals surface area contributed by atoms with Gasteiger partial charge in [0.25, 0.3) is 0 Å². The Balaban J connectivity index is 1.90. The van der Waals surface area contributed by atoms with Crippen molar-refractivity contribution in [1.29, 1.82) is 5.26 Å². The van der Waals surface area contributed by atoms with E-state index in [4.69, 9.17) is 5.73 Å². The van der Waals surface area contributed by atoms with Crippen LogP contribution in [-0.2, 0) is 0 Å². The first-order valence-electron chi connectivity index (χ1n) is 6.60. The van der Waals surface area contributed by atoms with E-state index in [9.17, 15) is 5.26 Å². The van der Waals surface area contributed by atoms with Gasteiger partial charge in [0.05, 0.1) is 6.07 Å². The van der Waals surface area contributed by atoms with Crippen molar-refractivity contribution in [2.45, 2.75) is 44.6 Å². The second kappa shape index (κ2) is 4.73. The average molecular weight is 221 g/mol. The van der Waals surface area contributed by atoms with Gasteiger partial charge < -0.3 is 10.6 Å². The van der Waals surface area contributed by atoms with Crippen molar-refractivity contribution in [3.05, 3.63) is 0 Å². The lowest BCUT2D eigenvalue weighted by Crippen LogP contribution is -2.53. The third-order valence-corrected chi connectivity index (χ3v) is 4.18. The van der Waals surface area contributed by atoms with Crippen LogP contribution in [0, 0.1) is 23.2 Å². The largest absolute Gasteiger partial charge is 0.312 e. The maximum Gasteiger partial charge on any atom is 0.119 e. The summed E-state index contributed by atoms with van der Waals surface area (Å²) >= 11 is 0. The molecule has 16 heavy (non-hydrogen) atoms. The summed E-state index contributed by atoms with van der Waals surface area (Å²) in [5.41, 5.74) is 5.64. The lowest BCUT2D eigenvalue weighted by molar-refractivity contribution is 0.145. The fourth-order valence-electron chi connectivity index (χ4n) is 2.85. The van der Waals surface area contributed by atoms with Crippen molar-refractivity contribution in [3.8, 4) is 6.07 Å². The Labute approximate surface area is 98.6 Å². The molecular weight excluding hydrogens is 198 g/mol. The Morgan fingerprint density at radius 3 is 2.75 bits per heavy atom. The van der Waals surface area contributed by atoms with Crippen molar-refractivity contribution in [3.63, 3.8) is 0 Å². The SMILES string of the molecule is CCC1CCCN(CC(N)(C#N)C2CC2)C1. The van der Waals surface area contributed by atoms with Crippen molar-refractivity contribution < 1.29 is 0 Å². The first kappa shape index (κ1) is 11.9. The van der Waals surface area contributed by atoms with Gasteiger partial charge in [0.15, 0.2) is 0 Å². The quantitative estimate of drug-likeness (QED) is 0.786. The summed E-state index contributed by atoms with van der Waals surface area (Å²) in [5.74, 6) is 1.27. The monoisotopic (exact) mass is 221 g/mol. The lowest BCUT2D eigenvalue weighted by atomic mass is 9.91. The smallest absolute Gasteiger partial charge is 0.119 e. The summed E-state index contributed by atoms with van der Waals surface area (Å²) in [6.45, 7) is 5.31. The Hall–Kier alpha value is -0.590. The number of nitrogens with two attached hydrogens (primary N) is 1. The molecule has 3 heteroatoms. The van der Waals surface area contributed by atoms with Crippen molar-refractivity contribution in [2.24, 2.45) is 17.6 Å². The summed E-state index contributed by atoms with van der Waals surface area (Å²) < 4.78 is 0. The van der Waals surface area contributed by atoms with Crippen LogP contribution in [0.5, 0.6) is 0 Å². The fraction of sp³-hybridized carbons (Fsp3) is 0.923. The number of hydrogen-bond acceptors (Lipinski definition) is 3. The highest BCUT2D eigenvalue weighted by molar-refractivity contribution is 5.14. The summed E-state index contributed by atoms with van der Waals surface area (Å²) in [6.07, 6.45) is 6.17. The first-order valence-corrected chi connectivity index (χ1v) is 6.60. The van der Waals surface area contributed by atoms with E-state index in [1.165, 1.54) is 19.3 Å². The minimum atomic E-state index is -0.574. The topological polar surface area (TPSA) is 53.0 Å². The molecule has 2 atom stereocenters. The summed E-state index contributed by atoms with van der Waals surface area (Å²) in [7, 11) is 0. The second-order valence-electron chi connectivity index (χ2n) is 5.58. The minimum Gasteiger partial charge on any atom is -0.312 e. The molecular formula is C13H23N3. The van der Waals surface area contributed by atoms with E-state index in [0.29, 0.717) is 5.92 Å². The standard InChI is InChI=1S/C13H23N3/c1-2-11-4-3-7-16(8-11)10-13(15,9-14)12-5-6-12/h11-12H,2-8,10,15H2,1H3. The van der Waals surface area contributed by atoms with Crippen LogP contribution in [-0.4, -0.2) is 30.1 Å². The van der Waals surface area contributed by atoms with Crippen LogP contribution in [0.4, 0.5) is 0 Å². The Morgan fingerprint density at radius 2 is 2.19 bits per heavy atom. The van der Waals surface area contributed by atoms with Crippen LogP contribution in [0.25, 0.3) is 0 Å². The number of hydrogen-bond donors (Lipinski definition) is 1. The van der Waals surface area contributed by atoms with Crippen molar-refractivity contribution in [2.75, 3.05) is 19.6 Å². The third-order valence-electron chi connectivity index (χ3n) is 4.18. The molecule has 0 aromatic carbocycles. The van der Waals surface area contributed by atoms with Crippen LogP contribution < -0.4 is 5.73 Å². The van der Waals surface area contributed by atoms with Gasteiger partial charge in [-0.3, -0.25) is 0 Å². The second-order valence-corrected chi connectivity index (χ2v) is 5.58. The van der Waals surface area contributed by atoms with Gasteiger partial charge in [-0.05, 0) is 44.1 Å². The van der Waals surface area contributed by atoms with Crippen LogP contribution in [0.1, 0.15) is 39.0 Å². The molecule has 0 aromatic heterocycles. The van der Waals surface area contributed by atoms with E-state index in [1.807, 2.05) is 0 Å². The van der Waals surface area contributed by atoms with E-state index >= 15 is 0 Å². The molecule has 1 saturated carbocycles. The van der Waals surface area contributed by atoms with E-state index in [2.05, 4.69) is 17.9 Å². The van der Waals surface area contributed by atoms with Crippen LogP contribution in [0.3, 0.4) is 0 Å². The maximum absolute atomic E-state index is 9.25. The fourth-order valence-corrected chi connectivity index (χ4v) is 2.85. The number of rotatable bonds is 4.